The van der Waals surface area contributed by atoms with Gasteiger partial charge in [0.1, 0.15) is 5.75 Å². The fourth-order valence-corrected chi connectivity index (χ4v) is 3.74. The summed E-state index contributed by atoms with van der Waals surface area (Å²) >= 11 is 1.59. The first-order chi connectivity index (χ1) is 13.8. The van der Waals surface area contributed by atoms with Gasteiger partial charge in [0, 0.05) is 35.1 Å². The molecule has 2 heterocycles. The molecule has 0 radical (unpaired) electrons. The lowest BCUT2D eigenvalue weighted by atomic mass is 10.1. The van der Waals surface area contributed by atoms with Crippen LogP contribution in [0.2, 0.25) is 0 Å². The number of aromatic nitrogens is 2. The third-order valence-corrected chi connectivity index (χ3v) is 5.41. The Hall–Kier alpha value is -2.40. The van der Waals surface area contributed by atoms with Crippen molar-refractivity contribution in [2.24, 2.45) is 0 Å². The molecule has 0 atom stereocenters. The van der Waals surface area contributed by atoms with Gasteiger partial charge in [0.2, 0.25) is 0 Å². The van der Waals surface area contributed by atoms with Gasteiger partial charge in [-0.1, -0.05) is 45.1 Å². The van der Waals surface area contributed by atoms with Gasteiger partial charge in [-0.15, -0.1) is 11.3 Å². The minimum absolute atomic E-state index is 0.777. The van der Waals surface area contributed by atoms with Crippen molar-refractivity contribution in [1.29, 1.82) is 0 Å². The van der Waals surface area contributed by atoms with Crippen LogP contribution in [0, 0.1) is 6.92 Å². The van der Waals surface area contributed by atoms with E-state index in [2.05, 4.69) is 47.3 Å². The molecule has 1 aromatic carbocycles. The van der Waals surface area contributed by atoms with Gasteiger partial charge in [-0.05, 0) is 37.1 Å². The first-order valence-corrected chi connectivity index (χ1v) is 11.0. The average Bonchev–Trinajstić information content (AvgIpc) is 3.19. The van der Waals surface area contributed by atoms with Gasteiger partial charge >= 0.3 is 0 Å². The van der Waals surface area contributed by atoms with E-state index >= 15 is 0 Å². The fraction of sp³-hybridized carbons (Fsp3) is 0.391. The molecule has 0 saturated carbocycles. The second-order valence-corrected chi connectivity index (χ2v) is 7.86. The number of benzene rings is 1. The second-order valence-electron chi connectivity index (χ2n) is 7.00. The molecule has 0 aliphatic carbocycles. The maximum absolute atomic E-state index is 6.03. The summed E-state index contributed by atoms with van der Waals surface area (Å²) in [4.78, 5) is 8.82. The van der Waals surface area contributed by atoms with Crippen LogP contribution in [0.1, 0.15) is 51.0 Å². The minimum atomic E-state index is 0.777. The quantitative estimate of drug-likeness (QED) is 0.355. The maximum Gasteiger partial charge on any atom is 0.187 e. The van der Waals surface area contributed by atoms with Crippen LogP contribution in [0.25, 0.3) is 11.3 Å². The molecule has 5 heteroatoms. The highest BCUT2D eigenvalue weighted by Crippen LogP contribution is 2.29. The topological polar surface area (TPSA) is 47.0 Å². The number of ether oxygens (including phenoxy) is 1. The van der Waals surface area contributed by atoms with E-state index in [1.54, 1.807) is 17.5 Å². The molecule has 1 N–H and O–H groups in total. The van der Waals surface area contributed by atoms with Crippen LogP contribution in [0.15, 0.2) is 48.1 Å². The number of aryl methyl sites for hydroxylation is 1. The van der Waals surface area contributed by atoms with Crippen LogP contribution < -0.4 is 10.1 Å². The molecule has 4 nitrogen and oxygen atoms in total. The highest BCUT2D eigenvalue weighted by Gasteiger charge is 2.07. The third-order valence-electron chi connectivity index (χ3n) is 4.66. The average molecular weight is 396 g/mol. The fourth-order valence-electron chi connectivity index (χ4n) is 3.00. The number of anilines is 2. The third kappa shape index (κ3) is 6.06. The van der Waals surface area contributed by atoms with Crippen LogP contribution >= 0.6 is 11.3 Å². The molecule has 0 saturated heterocycles. The summed E-state index contributed by atoms with van der Waals surface area (Å²) in [6.45, 7) is 5.11. The number of rotatable bonds is 11. The van der Waals surface area contributed by atoms with E-state index in [1.165, 1.54) is 32.1 Å². The maximum atomic E-state index is 6.03. The molecule has 0 aliphatic heterocycles. The molecule has 0 bridgehead atoms. The number of nitrogens with one attached hydrogen (secondary N) is 1. The highest BCUT2D eigenvalue weighted by molar-refractivity contribution is 7.14. The smallest absolute Gasteiger partial charge is 0.187 e. The van der Waals surface area contributed by atoms with Crippen molar-refractivity contribution in [3.63, 3.8) is 0 Å². The predicted octanol–water partition coefficient (Wildman–Crippen LogP) is 7.00. The summed E-state index contributed by atoms with van der Waals surface area (Å²) in [6.07, 6.45) is 11.2. The van der Waals surface area contributed by atoms with Gasteiger partial charge in [0.25, 0.3) is 0 Å². The summed E-state index contributed by atoms with van der Waals surface area (Å²) in [6, 6.07) is 10.2. The van der Waals surface area contributed by atoms with E-state index in [4.69, 9.17) is 4.74 Å². The first kappa shape index (κ1) is 20.3. The first-order valence-electron chi connectivity index (χ1n) is 10.1. The highest BCUT2D eigenvalue weighted by atomic mass is 32.1. The molecule has 3 rings (SSSR count). The number of hydrogen-bond acceptors (Lipinski definition) is 5. The molecule has 0 unspecified atom stereocenters. The zero-order chi connectivity index (χ0) is 19.6. The lowest BCUT2D eigenvalue weighted by Gasteiger charge is -2.11. The zero-order valence-electron chi connectivity index (χ0n) is 16.8. The molecular weight excluding hydrogens is 366 g/mol. The van der Waals surface area contributed by atoms with Crippen molar-refractivity contribution in [2.45, 2.75) is 52.4 Å². The van der Waals surface area contributed by atoms with Crippen molar-refractivity contribution < 1.29 is 4.74 Å². The van der Waals surface area contributed by atoms with E-state index in [9.17, 15) is 0 Å². The van der Waals surface area contributed by atoms with E-state index in [0.717, 1.165) is 46.4 Å². The van der Waals surface area contributed by atoms with Gasteiger partial charge in [-0.2, -0.15) is 0 Å². The summed E-state index contributed by atoms with van der Waals surface area (Å²) < 4.78 is 6.03. The van der Waals surface area contributed by atoms with Crippen molar-refractivity contribution in [1.82, 2.24) is 9.97 Å². The Morgan fingerprint density at radius 3 is 2.75 bits per heavy atom. The molecule has 28 heavy (non-hydrogen) atoms. The SMILES string of the molecule is CCCCCCCCOc1cc(Nc2nc(-c3cccnc3)cs2)ccc1C. The summed E-state index contributed by atoms with van der Waals surface area (Å²) in [5.74, 6) is 0.947. The second kappa shape index (κ2) is 10.8. The summed E-state index contributed by atoms with van der Waals surface area (Å²) in [5.41, 5.74) is 4.12. The molecular formula is C23H29N3OS. The Kier molecular flexibility index (Phi) is 7.85. The molecule has 0 amide bonds. The molecule has 0 spiro atoms. The Labute approximate surface area is 172 Å². The summed E-state index contributed by atoms with van der Waals surface area (Å²) in [7, 11) is 0. The normalized spacial score (nSPS) is 10.8. The Morgan fingerprint density at radius 1 is 1.07 bits per heavy atom. The van der Waals surface area contributed by atoms with Crippen LogP contribution in [0.4, 0.5) is 10.8 Å². The number of hydrogen-bond donors (Lipinski definition) is 1. The van der Waals surface area contributed by atoms with E-state index in [1.807, 2.05) is 23.7 Å². The van der Waals surface area contributed by atoms with Gasteiger partial charge in [0.15, 0.2) is 5.13 Å². The zero-order valence-corrected chi connectivity index (χ0v) is 17.6. The van der Waals surface area contributed by atoms with E-state index in [-0.39, 0.29) is 0 Å². The van der Waals surface area contributed by atoms with Gasteiger partial charge < -0.3 is 10.1 Å². The van der Waals surface area contributed by atoms with Crippen LogP contribution in [0.3, 0.4) is 0 Å². The van der Waals surface area contributed by atoms with Gasteiger partial charge in [-0.3, -0.25) is 4.98 Å². The minimum Gasteiger partial charge on any atom is -0.493 e. The monoisotopic (exact) mass is 395 g/mol. The van der Waals surface area contributed by atoms with E-state index in [0.29, 0.717) is 0 Å². The van der Waals surface area contributed by atoms with Crippen LogP contribution in [-0.2, 0) is 0 Å². The van der Waals surface area contributed by atoms with Gasteiger partial charge in [-0.25, -0.2) is 4.98 Å². The number of thiazole rings is 1. The van der Waals surface area contributed by atoms with E-state index < -0.39 is 0 Å². The molecule has 0 aliphatic rings. The van der Waals surface area contributed by atoms with Crippen molar-refractivity contribution in [3.8, 4) is 17.0 Å². The lowest BCUT2D eigenvalue weighted by Crippen LogP contribution is -2.00. The lowest BCUT2D eigenvalue weighted by molar-refractivity contribution is 0.302. The molecule has 2 aromatic heterocycles. The van der Waals surface area contributed by atoms with Crippen LogP contribution in [0.5, 0.6) is 5.75 Å². The standard InChI is InChI=1S/C23H29N3OS/c1-3-4-5-6-7-8-14-27-22-15-20(12-11-18(22)2)25-23-26-21(17-28-23)19-10-9-13-24-16-19/h9-13,15-17H,3-8,14H2,1-2H3,(H,25,26). The van der Waals surface area contributed by atoms with Crippen molar-refractivity contribution in [3.05, 3.63) is 53.7 Å². The number of pyridine rings is 1. The Bertz CT molecular complexity index is 848. The van der Waals surface area contributed by atoms with Crippen molar-refractivity contribution >= 4 is 22.2 Å². The predicted molar refractivity (Wildman–Crippen MR) is 119 cm³/mol. The Morgan fingerprint density at radius 2 is 1.93 bits per heavy atom. The number of unbranched alkanes of at least 4 members (excludes halogenated alkanes) is 5. The summed E-state index contributed by atoms with van der Waals surface area (Å²) in [5, 5.41) is 6.30. The van der Waals surface area contributed by atoms with Crippen LogP contribution in [-0.4, -0.2) is 16.6 Å². The molecule has 3 aromatic rings. The Balaban J connectivity index is 1.54. The molecule has 148 valence electrons. The number of nitrogens with zero attached hydrogens (tertiary/aromatic N) is 2. The molecule has 0 fully saturated rings. The van der Waals surface area contributed by atoms with Crippen molar-refractivity contribution in [2.75, 3.05) is 11.9 Å². The van der Waals surface area contributed by atoms with Gasteiger partial charge in [0.05, 0.1) is 12.3 Å². The largest absolute Gasteiger partial charge is 0.493 e.